The molecular formula is C8H16O4S. The van der Waals surface area contributed by atoms with Gasteiger partial charge in [-0.25, -0.2) is 0 Å². The van der Waals surface area contributed by atoms with Crippen LogP contribution in [0.25, 0.3) is 0 Å². The van der Waals surface area contributed by atoms with E-state index < -0.39 is 0 Å². The summed E-state index contributed by atoms with van der Waals surface area (Å²) in [7, 11) is 1.39. The van der Waals surface area contributed by atoms with E-state index in [-0.39, 0.29) is 12.6 Å². The van der Waals surface area contributed by atoms with Crippen LogP contribution in [-0.4, -0.2) is 49.5 Å². The summed E-state index contributed by atoms with van der Waals surface area (Å²) >= 11 is 1.64. The Labute approximate surface area is 82.6 Å². The molecule has 0 atom stereocenters. The number of carbonyl (C=O) groups is 1. The first-order chi connectivity index (χ1) is 6.31. The average Bonchev–Trinajstić information content (AvgIpc) is 2.16. The molecule has 0 aliphatic heterocycles. The summed E-state index contributed by atoms with van der Waals surface area (Å²) in [6.45, 7) is 1.07. The van der Waals surface area contributed by atoms with Crippen LogP contribution >= 0.6 is 11.8 Å². The van der Waals surface area contributed by atoms with Gasteiger partial charge in [-0.1, -0.05) is 0 Å². The van der Waals surface area contributed by atoms with E-state index in [0.29, 0.717) is 19.6 Å². The van der Waals surface area contributed by atoms with Crippen molar-refractivity contribution in [2.24, 2.45) is 0 Å². The number of ether oxygens (including phenoxy) is 2. The second-order valence-corrected chi connectivity index (χ2v) is 3.50. The number of carbonyl (C=O) groups excluding carboxylic acids is 1. The maximum Gasteiger partial charge on any atom is 0.306 e. The summed E-state index contributed by atoms with van der Waals surface area (Å²) in [5, 5.41) is 8.38. The molecule has 78 valence electrons. The largest absolute Gasteiger partial charge is 0.469 e. The predicted molar refractivity (Wildman–Crippen MR) is 51.9 cm³/mol. The zero-order valence-electron chi connectivity index (χ0n) is 7.82. The highest BCUT2D eigenvalue weighted by Crippen LogP contribution is 2.02. The molecule has 0 aromatic carbocycles. The number of hydrogen-bond donors (Lipinski definition) is 1. The van der Waals surface area contributed by atoms with Gasteiger partial charge in [0.15, 0.2) is 0 Å². The minimum atomic E-state index is -0.177. The van der Waals surface area contributed by atoms with Crippen LogP contribution < -0.4 is 0 Å². The van der Waals surface area contributed by atoms with Gasteiger partial charge in [0.2, 0.25) is 0 Å². The van der Waals surface area contributed by atoms with Crippen LogP contribution in [0.1, 0.15) is 6.42 Å². The van der Waals surface area contributed by atoms with Gasteiger partial charge >= 0.3 is 5.97 Å². The smallest absolute Gasteiger partial charge is 0.306 e. The summed E-state index contributed by atoms with van der Waals surface area (Å²) in [6, 6.07) is 0. The van der Waals surface area contributed by atoms with Crippen molar-refractivity contribution in [1.82, 2.24) is 0 Å². The lowest BCUT2D eigenvalue weighted by molar-refractivity contribution is -0.140. The van der Waals surface area contributed by atoms with Gasteiger partial charge in [-0.3, -0.25) is 4.79 Å². The Morgan fingerprint density at radius 1 is 1.38 bits per heavy atom. The first-order valence-electron chi connectivity index (χ1n) is 4.14. The fourth-order valence-electron chi connectivity index (χ4n) is 0.644. The number of hydrogen-bond acceptors (Lipinski definition) is 5. The van der Waals surface area contributed by atoms with E-state index in [0.717, 1.165) is 11.5 Å². The van der Waals surface area contributed by atoms with Gasteiger partial charge in [0.05, 0.1) is 33.4 Å². The van der Waals surface area contributed by atoms with Gasteiger partial charge < -0.3 is 14.6 Å². The first-order valence-corrected chi connectivity index (χ1v) is 5.30. The van der Waals surface area contributed by atoms with Crippen LogP contribution in [0.3, 0.4) is 0 Å². The maximum absolute atomic E-state index is 10.6. The lowest BCUT2D eigenvalue weighted by Gasteiger charge is -2.01. The minimum absolute atomic E-state index is 0.0623. The van der Waals surface area contributed by atoms with E-state index in [1.807, 2.05) is 0 Å². The Morgan fingerprint density at radius 2 is 2.15 bits per heavy atom. The average molecular weight is 208 g/mol. The van der Waals surface area contributed by atoms with E-state index in [9.17, 15) is 4.79 Å². The molecule has 0 bridgehead atoms. The monoisotopic (exact) mass is 208 g/mol. The standard InChI is InChI=1S/C8H16O4S/c1-11-8(10)2-6-13-7-5-12-4-3-9/h9H,2-7H2,1H3. The molecule has 4 nitrogen and oxygen atoms in total. The number of esters is 1. The summed E-state index contributed by atoms with van der Waals surface area (Å²) in [5.74, 6) is 1.43. The van der Waals surface area contributed by atoms with Crippen LogP contribution in [0.4, 0.5) is 0 Å². The zero-order valence-corrected chi connectivity index (χ0v) is 8.64. The highest BCUT2D eigenvalue weighted by molar-refractivity contribution is 7.99. The molecule has 13 heavy (non-hydrogen) atoms. The Bertz CT molecular complexity index is 129. The molecule has 0 aliphatic rings. The third-order valence-corrected chi connectivity index (χ3v) is 2.23. The SMILES string of the molecule is COC(=O)CCSCCOCCO. The topological polar surface area (TPSA) is 55.8 Å². The van der Waals surface area contributed by atoms with E-state index >= 15 is 0 Å². The van der Waals surface area contributed by atoms with Gasteiger partial charge in [-0.15, -0.1) is 0 Å². The summed E-state index contributed by atoms with van der Waals surface area (Å²) in [5.41, 5.74) is 0. The van der Waals surface area contributed by atoms with Crippen molar-refractivity contribution in [1.29, 1.82) is 0 Å². The van der Waals surface area contributed by atoms with Crippen molar-refractivity contribution < 1.29 is 19.4 Å². The number of aliphatic hydroxyl groups excluding tert-OH is 1. The molecular weight excluding hydrogens is 192 g/mol. The molecule has 0 aromatic heterocycles. The molecule has 0 rings (SSSR count). The lowest BCUT2D eigenvalue weighted by atomic mass is 10.5. The third kappa shape index (κ3) is 9.66. The van der Waals surface area contributed by atoms with Crippen LogP contribution in [0.2, 0.25) is 0 Å². The Kier molecular flexibility index (Phi) is 9.63. The lowest BCUT2D eigenvalue weighted by Crippen LogP contribution is -2.05. The predicted octanol–water partition coefficient (Wildman–Crippen LogP) is 0.292. The normalized spacial score (nSPS) is 10.0. The molecule has 0 unspecified atom stereocenters. The second-order valence-electron chi connectivity index (χ2n) is 2.27. The Balaban J connectivity index is 2.95. The van der Waals surface area contributed by atoms with Crippen LogP contribution in [0.15, 0.2) is 0 Å². The van der Waals surface area contributed by atoms with Gasteiger partial charge in [0.1, 0.15) is 0 Å². The molecule has 0 fully saturated rings. The number of rotatable bonds is 8. The molecule has 0 radical (unpaired) electrons. The molecule has 0 saturated heterocycles. The van der Waals surface area contributed by atoms with E-state index in [4.69, 9.17) is 9.84 Å². The number of methoxy groups -OCH3 is 1. The van der Waals surface area contributed by atoms with Crippen LogP contribution in [0, 0.1) is 0 Å². The molecule has 0 amide bonds. The molecule has 5 heteroatoms. The second kappa shape index (κ2) is 9.83. The molecule has 0 spiro atoms. The fourth-order valence-corrected chi connectivity index (χ4v) is 1.39. The third-order valence-electron chi connectivity index (χ3n) is 1.29. The van der Waals surface area contributed by atoms with Gasteiger partial charge in [0.25, 0.3) is 0 Å². The zero-order chi connectivity index (χ0) is 9.94. The van der Waals surface area contributed by atoms with Crippen molar-refractivity contribution in [3.63, 3.8) is 0 Å². The van der Waals surface area contributed by atoms with Crippen molar-refractivity contribution >= 4 is 17.7 Å². The molecule has 0 heterocycles. The van der Waals surface area contributed by atoms with Crippen LogP contribution in [0.5, 0.6) is 0 Å². The van der Waals surface area contributed by atoms with Gasteiger partial charge in [0, 0.05) is 11.5 Å². The van der Waals surface area contributed by atoms with Crippen molar-refractivity contribution in [2.75, 3.05) is 38.4 Å². The Morgan fingerprint density at radius 3 is 2.77 bits per heavy atom. The summed E-state index contributed by atoms with van der Waals surface area (Å²) in [6.07, 6.45) is 0.446. The van der Waals surface area contributed by atoms with Crippen molar-refractivity contribution in [3.05, 3.63) is 0 Å². The van der Waals surface area contributed by atoms with E-state index in [2.05, 4.69) is 4.74 Å². The van der Waals surface area contributed by atoms with Gasteiger partial charge in [-0.05, 0) is 0 Å². The molecule has 1 N–H and O–H groups in total. The highest BCUT2D eigenvalue weighted by Gasteiger charge is 1.98. The van der Waals surface area contributed by atoms with Crippen LogP contribution in [-0.2, 0) is 14.3 Å². The van der Waals surface area contributed by atoms with Gasteiger partial charge in [-0.2, -0.15) is 11.8 Å². The quantitative estimate of drug-likeness (QED) is 0.459. The highest BCUT2D eigenvalue weighted by atomic mass is 32.2. The maximum atomic E-state index is 10.6. The van der Waals surface area contributed by atoms with E-state index in [1.165, 1.54) is 7.11 Å². The molecule has 0 aromatic rings. The fraction of sp³-hybridized carbons (Fsp3) is 0.875. The molecule has 0 saturated carbocycles. The van der Waals surface area contributed by atoms with E-state index in [1.54, 1.807) is 11.8 Å². The first kappa shape index (κ1) is 12.7. The number of thioether (sulfide) groups is 1. The number of aliphatic hydroxyl groups is 1. The molecule has 0 aliphatic carbocycles. The summed E-state index contributed by atoms with van der Waals surface area (Å²) < 4.78 is 9.51. The Hall–Kier alpha value is -0.260. The van der Waals surface area contributed by atoms with Crippen molar-refractivity contribution in [3.8, 4) is 0 Å². The minimum Gasteiger partial charge on any atom is -0.469 e. The summed E-state index contributed by atoms with van der Waals surface area (Å²) in [4.78, 5) is 10.6. The van der Waals surface area contributed by atoms with Crippen molar-refractivity contribution in [2.45, 2.75) is 6.42 Å².